The van der Waals surface area contributed by atoms with E-state index in [1.165, 1.54) is 16.3 Å². The lowest BCUT2D eigenvalue weighted by Crippen LogP contribution is -2.24. The molecule has 0 bridgehead atoms. The summed E-state index contributed by atoms with van der Waals surface area (Å²) in [4.78, 5) is 29.8. The highest BCUT2D eigenvalue weighted by Crippen LogP contribution is 2.22. The molecule has 28 heavy (non-hydrogen) atoms. The second-order valence-corrected chi connectivity index (χ2v) is 7.72. The van der Waals surface area contributed by atoms with Gasteiger partial charge in [-0.1, -0.05) is 41.6 Å². The van der Waals surface area contributed by atoms with E-state index in [2.05, 4.69) is 16.9 Å². The number of amides is 1. The summed E-state index contributed by atoms with van der Waals surface area (Å²) in [7, 11) is 0. The predicted molar refractivity (Wildman–Crippen MR) is 116 cm³/mol. The van der Waals surface area contributed by atoms with Gasteiger partial charge in [-0.25, -0.2) is 4.98 Å². The van der Waals surface area contributed by atoms with Crippen molar-refractivity contribution < 1.29 is 4.79 Å². The molecule has 0 spiro atoms. The van der Waals surface area contributed by atoms with Crippen LogP contribution >= 0.6 is 23.4 Å². The van der Waals surface area contributed by atoms with Crippen molar-refractivity contribution >= 4 is 45.9 Å². The van der Waals surface area contributed by atoms with Crippen LogP contribution in [-0.2, 0) is 11.3 Å². The van der Waals surface area contributed by atoms with Crippen LogP contribution in [0.1, 0.15) is 11.1 Å². The van der Waals surface area contributed by atoms with Gasteiger partial charge in [0.15, 0.2) is 5.16 Å². The van der Waals surface area contributed by atoms with Gasteiger partial charge in [0, 0.05) is 17.3 Å². The van der Waals surface area contributed by atoms with Gasteiger partial charge in [-0.15, -0.1) is 6.58 Å². The number of carbonyl (C=O) groups is 1. The van der Waals surface area contributed by atoms with Gasteiger partial charge >= 0.3 is 0 Å². The largest absolute Gasteiger partial charge is 0.325 e. The molecular formula is C21H20ClN3O2S. The van der Waals surface area contributed by atoms with E-state index in [-0.39, 0.29) is 17.2 Å². The van der Waals surface area contributed by atoms with Gasteiger partial charge in [-0.3, -0.25) is 14.2 Å². The highest BCUT2D eigenvalue weighted by molar-refractivity contribution is 7.99. The number of aromatic nitrogens is 2. The molecule has 0 aliphatic carbocycles. The molecule has 0 atom stereocenters. The van der Waals surface area contributed by atoms with Crippen LogP contribution in [0.15, 0.2) is 59.0 Å². The zero-order valence-electron chi connectivity index (χ0n) is 15.7. The number of nitrogens with zero attached hydrogens (tertiary/aromatic N) is 2. The van der Waals surface area contributed by atoms with Crippen LogP contribution in [0.3, 0.4) is 0 Å². The minimum atomic E-state index is -0.181. The van der Waals surface area contributed by atoms with E-state index in [4.69, 9.17) is 11.6 Å². The molecule has 0 saturated carbocycles. The number of allylic oxidation sites excluding steroid dienone is 1. The smallest absolute Gasteiger partial charge is 0.262 e. The molecule has 7 heteroatoms. The number of aryl methyl sites for hydroxylation is 1. The molecule has 0 fully saturated rings. The molecule has 0 radical (unpaired) electrons. The van der Waals surface area contributed by atoms with Crippen molar-refractivity contribution in [2.75, 3.05) is 11.1 Å². The fourth-order valence-corrected chi connectivity index (χ4v) is 3.75. The number of hydrogen-bond acceptors (Lipinski definition) is 4. The van der Waals surface area contributed by atoms with E-state index < -0.39 is 0 Å². The average molecular weight is 414 g/mol. The Kier molecular flexibility index (Phi) is 6.21. The Morgan fingerprint density at radius 1 is 1.32 bits per heavy atom. The normalized spacial score (nSPS) is 10.8. The first kappa shape index (κ1) is 20.2. The summed E-state index contributed by atoms with van der Waals surface area (Å²) in [6.45, 7) is 7.98. The number of benzene rings is 2. The summed E-state index contributed by atoms with van der Waals surface area (Å²) in [5, 5.41) is 4.36. The van der Waals surface area contributed by atoms with Gasteiger partial charge in [0.2, 0.25) is 5.91 Å². The number of fused-ring (bicyclic) bond motifs is 1. The molecule has 0 saturated heterocycles. The van der Waals surface area contributed by atoms with Crippen LogP contribution in [-0.4, -0.2) is 21.2 Å². The Morgan fingerprint density at radius 3 is 2.86 bits per heavy atom. The van der Waals surface area contributed by atoms with Crippen molar-refractivity contribution in [3.8, 4) is 0 Å². The molecule has 1 amide bonds. The minimum Gasteiger partial charge on any atom is -0.325 e. The number of rotatable bonds is 6. The van der Waals surface area contributed by atoms with Gasteiger partial charge in [-0.05, 0) is 49.2 Å². The summed E-state index contributed by atoms with van der Waals surface area (Å²) in [6, 6.07) is 10.7. The third-order valence-electron chi connectivity index (χ3n) is 4.41. The van der Waals surface area contributed by atoms with Gasteiger partial charge in [-0.2, -0.15) is 0 Å². The van der Waals surface area contributed by atoms with Crippen molar-refractivity contribution in [2.45, 2.75) is 25.5 Å². The van der Waals surface area contributed by atoms with Crippen LogP contribution in [0, 0.1) is 13.8 Å². The molecule has 0 aliphatic heterocycles. The Hall–Kier alpha value is -2.57. The quantitative estimate of drug-likeness (QED) is 0.365. The van der Waals surface area contributed by atoms with E-state index in [0.717, 1.165) is 16.8 Å². The second-order valence-electron chi connectivity index (χ2n) is 6.34. The van der Waals surface area contributed by atoms with Crippen LogP contribution < -0.4 is 10.9 Å². The number of anilines is 1. The molecule has 0 unspecified atom stereocenters. The van der Waals surface area contributed by atoms with Crippen molar-refractivity contribution in [1.29, 1.82) is 0 Å². The summed E-state index contributed by atoms with van der Waals surface area (Å²) >= 11 is 7.24. The minimum absolute atomic E-state index is 0.128. The number of hydrogen-bond donors (Lipinski definition) is 1. The van der Waals surface area contributed by atoms with E-state index in [1.54, 1.807) is 24.3 Å². The molecule has 2 aromatic carbocycles. The van der Waals surface area contributed by atoms with Crippen LogP contribution in [0.2, 0.25) is 5.02 Å². The van der Waals surface area contributed by atoms with E-state index in [9.17, 15) is 9.59 Å². The first-order valence-corrected chi connectivity index (χ1v) is 10.1. The lowest BCUT2D eigenvalue weighted by atomic mass is 10.1. The molecule has 144 valence electrons. The maximum atomic E-state index is 12.8. The second kappa shape index (κ2) is 8.63. The first-order chi connectivity index (χ1) is 13.4. The Labute approximate surface area is 172 Å². The summed E-state index contributed by atoms with van der Waals surface area (Å²) in [5.41, 5.74) is 3.25. The topological polar surface area (TPSA) is 64.0 Å². The fourth-order valence-electron chi connectivity index (χ4n) is 2.78. The van der Waals surface area contributed by atoms with Gasteiger partial charge in [0.1, 0.15) is 0 Å². The maximum absolute atomic E-state index is 12.8. The summed E-state index contributed by atoms with van der Waals surface area (Å²) < 4.78 is 1.51. The Bertz CT molecular complexity index is 1120. The SMILES string of the molecule is C=CCn1c(SCC(=O)Nc2cccc(C)c2C)nc2cc(Cl)ccc2c1=O. The predicted octanol–water partition coefficient (Wildman–Crippen LogP) is 4.58. The number of halogens is 1. The van der Waals surface area contributed by atoms with Gasteiger partial charge < -0.3 is 5.32 Å². The summed E-state index contributed by atoms with van der Waals surface area (Å²) in [5.74, 6) is -0.0347. The van der Waals surface area contributed by atoms with Crippen molar-refractivity contribution in [3.63, 3.8) is 0 Å². The van der Waals surface area contributed by atoms with Crippen molar-refractivity contribution in [3.05, 3.63) is 75.6 Å². The van der Waals surface area contributed by atoms with Gasteiger partial charge in [0.25, 0.3) is 5.56 Å². The molecule has 1 N–H and O–H groups in total. The number of nitrogens with one attached hydrogen (secondary N) is 1. The Balaban J connectivity index is 1.85. The zero-order valence-corrected chi connectivity index (χ0v) is 17.2. The molecular weight excluding hydrogens is 394 g/mol. The first-order valence-electron chi connectivity index (χ1n) is 8.70. The molecule has 1 heterocycles. The highest BCUT2D eigenvalue weighted by atomic mass is 35.5. The average Bonchev–Trinajstić information content (AvgIpc) is 2.66. The lowest BCUT2D eigenvalue weighted by molar-refractivity contribution is -0.113. The molecule has 0 aliphatic rings. The van der Waals surface area contributed by atoms with E-state index in [1.807, 2.05) is 32.0 Å². The molecule has 3 aromatic rings. The standard InChI is InChI=1S/C21H20ClN3O2S/c1-4-10-25-20(27)16-9-8-15(22)11-18(16)24-21(25)28-12-19(26)23-17-7-5-6-13(2)14(17)3/h4-9,11H,1,10,12H2,2-3H3,(H,23,26). The van der Waals surface area contributed by atoms with Crippen LogP contribution in [0.4, 0.5) is 5.69 Å². The third-order valence-corrected chi connectivity index (χ3v) is 5.62. The summed E-state index contributed by atoms with van der Waals surface area (Å²) in [6.07, 6.45) is 1.63. The van der Waals surface area contributed by atoms with Crippen molar-refractivity contribution in [1.82, 2.24) is 9.55 Å². The third kappa shape index (κ3) is 4.29. The molecule has 5 nitrogen and oxygen atoms in total. The maximum Gasteiger partial charge on any atom is 0.262 e. The highest BCUT2D eigenvalue weighted by Gasteiger charge is 2.14. The molecule has 3 rings (SSSR count). The van der Waals surface area contributed by atoms with Crippen molar-refractivity contribution in [2.24, 2.45) is 0 Å². The lowest BCUT2D eigenvalue weighted by Gasteiger charge is -2.13. The van der Waals surface area contributed by atoms with E-state index in [0.29, 0.717) is 27.6 Å². The Morgan fingerprint density at radius 2 is 2.11 bits per heavy atom. The molecule has 1 aromatic heterocycles. The number of thioether (sulfide) groups is 1. The van der Waals surface area contributed by atoms with Crippen LogP contribution in [0.25, 0.3) is 10.9 Å². The number of carbonyl (C=O) groups excluding carboxylic acids is 1. The van der Waals surface area contributed by atoms with Crippen LogP contribution in [0.5, 0.6) is 0 Å². The van der Waals surface area contributed by atoms with E-state index >= 15 is 0 Å². The monoisotopic (exact) mass is 413 g/mol. The zero-order chi connectivity index (χ0) is 20.3. The fraction of sp³-hybridized carbons (Fsp3) is 0.190. The van der Waals surface area contributed by atoms with Gasteiger partial charge in [0.05, 0.1) is 16.7 Å².